The summed E-state index contributed by atoms with van der Waals surface area (Å²) in [6, 6.07) is 6.03. The average molecular weight is 373 g/mol. The number of aromatic nitrogens is 2. The molecular weight excluding hydrogens is 363 g/mol. The fraction of sp³-hybridized carbons (Fsp3) is 0.167. The number of hydrogen-bond acceptors (Lipinski definition) is 8. The van der Waals surface area contributed by atoms with Crippen molar-refractivity contribution in [3.05, 3.63) is 47.0 Å². The molecule has 0 saturated carbocycles. The van der Waals surface area contributed by atoms with Crippen LogP contribution in [0.5, 0.6) is 0 Å². The van der Waals surface area contributed by atoms with Crippen LogP contribution in [0, 0.1) is 0 Å². The lowest BCUT2D eigenvalue weighted by molar-refractivity contribution is 0.595. The molecule has 0 spiro atoms. The van der Waals surface area contributed by atoms with Gasteiger partial charge in [-0.1, -0.05) is 23.2 Å². The zero-order chi connectivity index (χ0) is 16.7. The van der Waals surface area contributed by atoms with E-state index in [1.54, 1.807) is 12.1 Å². The van der Waals surface area contributed by atoms with Crippen molar-refractivity contribution >= 4 is 44.4 Å². The van der Waals surface area contributed by atoms with Gasteiger partial charge in [0, 0.05) is 24.5 Å². The van der Waals surface area contributed by atoms with Crippen LogP contribution in [0.4, 0.5) is 11.4 Å². The Bertz CT molecular complexity index is 777. The summed E-state index contributed by atoms with van der Waals surface area (Å²) in [6.45, 7) is 0. The van der Waals surface area contributed by atoms with Crippen LogP contribution in [-0.2, 0) is 9.84 Å². The minimum absolute atomic E-state index is 0.245. The highest BCUT2D eigenvalue weighted by Gasteiger charge is 2.09. The number of azo groups is 2. The molecule has 2 heterocycles. The van der Waals surface area contributed by atoms with Gasteiger partial charge in [-0.15, -0.1) is 0 Å². The Morgan fingerprint density at radius 1 is 0.870 bits per heavy atom. The van der Waals surface area contributed by atoms with Crippen molar-refractivity contribution in [2.75, 3.05) is 11.8 Å². The molecule has 0 atom stereocenters. The van der Waals surface area contributed by atoms with Gasteiger partial charge >= 0.3 is 0 Å². The Labute approximate surface area is 142 Å². The first-order valence-electron chi connectivity index (χ1n) is 6.13. The van der Waals surface area contributed by atoms with E-state index in [0.717, 1.165) is 0 Å². The topological polar surface area (TPSA) is 109 Å². The van der Waals surface area contributed by atoms with Crippen LogP contribution in [0.25, 0.3) is 0 Å². The van der Waals surface area contributed by atoms with Gasteiger partial charge < -0.3 is 0 Å². The number of nitrogens with zero attached hydrogens (tertiary/aromatic N) is 6. The highest BCUT2D eigenvalue weighted by Crippen LogP contribution is 2.17. The second-order valence-electron chi connectivity index (χ2n) is 4.16. The Morgan fingerprint density at radius 2 is 1.30 bits per heavy atom. The molecule has 8 nitrogen and oxygen atoms in total. The van der Waals surface area contributed by atoms with E-state index in [4.69, 9.17) is 23.2 Å². The van der Waals surface area contributed by atoms with Crippen molar-refractivity contribution in [2.24, 2.45) is 20.5 Å². The molecule has 120 valence electrons. The smallest absolute Gasteiger partial charge is 0.194 e. The summed E-state index contributed by atoms with van der Waals surface area (Å²) in [7, 11) is -3.56. The molecule has 0 saturated heterocycles. The largest absolute Gasteiger partial charge is 0.244 e. The van der Waals surface area contributed by atoms with Crippen LogP contribution in [0.3, 0.4) is 0 Å². The molecular formula is C12H10Cl2N6O2S. The van der Waals surface area contributed by atoms with Crippen LogP contribution in [-0.4, -0.2) is 30.1 Å². The lowest BCUT2D eigenvalue weighted by atomic mass is 10.4. The molecule has 0 radical (unpaired) electrons. The number of sulfone groups is 1. The first-order chi connectivity index (χ1) is 10.9. The Kier molecular flexibility index (Phi) is 6.08. The van der Waals surface area contributed by atoms with Gasteiger partial charge in [0.05, 0.1) is 11.4 Å². The van der Waals surface area contributed by atoms with Crippen molar-refractivity contribution < 1.29 is 8.42 Å². The summed E-state index contributed by atoms with van der Waals surface area (Å²) >= 11 is 11.4. The monoisotopic (exact) mass is 372 g/mol. The molecule has 2 rings (SSSR count). The maximum atomic E-state index is 11.8. The van der Waals surface area contributed by atoms with Crippen LogP contribution in [0.15, 0.2) is 57.1 Å². The number of halogens is 2. The molecule has 0 aliphatic carbocycles. The highest BCUT2D eigenvalue weighted by molar-refractivity contribution is 7.91. The molecule has 11 heteroatoms. The van der Waals surface area contributed by atoms with Crippen LogP contribution in [0.2, 0.25) is 10.3 Å². The SMILES string of the molecule is O=S(=O)(CN=Nc1ccnc(Cl)c1)CN=Nc1ccnc(Cl)c1. The Hall–Kier alpha value is -1.97. The summed E-state index contributed by atoms with van der Waals surface area (Å²) in [5.74, 6) is -1.02. The van der Waals surface area contributed by atoms with E-state index in [-0.39, 0.29) is 10.3 Å². The zero-order valence-electron chi connectivity index (χ0n) is 11.5. The molecule has 0 aliphatic rings. The van der Waals surface area contributed by atoms with Crippen molar-refractivity contribution in [1.29, 1.82) is 0 Å². The van der Waals surface area contributed by atoms with Crippen LogP contribution < -0.4 is 0 Å². The summed E-state index contributed by atoms with van der Waals surface area (Å²) in [4.78, 5) is 7.55. The summed E-state index contributed by atoms with van der Waals surface area (Å²) in [5, 5.41) is 15.2. The fourth-order valence-electron chi connectivity index (χ4n) is 1.35. The molecule has 0 unspecified atom stereocenters. The van der Waals surface area contributed by atoms with E-state index < -0.39 is 21.6 Å². The van der Waals surface area contributed by atoms with Gasteiger partial charge in [0.25, 0.3) is 0 Å². The number of hydrogen-bond donors (Lipinski definition) is 0. The standard InChI is InChI=1S/C12H10Cl2N6O2S/c13-11-5-9(1-3-15-11)19-17-7-23(21,22)8-18-20-10-2-4-16-12(14)6-10/h1-6H,7-8H2. The van der Waals surface area contributed by atoms with Crippen molar-refractivity contribution in [3.63, 3.8) is 0 Å². The first kappa shape index (κ1) is 17.4. The maximum absolute atomic E-state index is 11.8. The van der Waals surface area contributed by atoms with Crippen LogP contribution in [0.1, 0.15) is 0 Å². The summed E-state index contributed by atoms with van der Waals surface area (Å²) < 4.78 is 23.5. The van der Waals surface area contributed by atoms with Crippen LogP contribution >= 0.6 is 23.2 Å². The average Bonchev–Trinajstić information content (AvgIpc) is 2.47. The summed E-state index contributed by atoms with van der Waals surface area (Å²) in [5.41, 5.74) is 0.821. The third-order valence-electron chi connectivity index (χ3n) is 2.30. The van der Waals surface area contributed by atoms with E-state index in [2.05, 4.69) is 30.4 Å². The fourth-order valence-corrected chi connectivity index (χ4v) is 2.23. The molecule has 0 N–H and O–H groups in total. The normalized spacial score (nSPS) is 12.3. The van der Waals surface area contributed by atoms with E-state index >= 15 is 0 Å². The van der Waals surface area contributed by atoms with E-state index in [9.17, 15) is 8.42 Å². The van der Waals surface area contributed by atoms with Gasteiger partial charge in [0.1, 0.15) is 10.3 Å². The minimum Gasteiger partial charge on any atom is -0.244 e. The quantitative estimate of drug-likeness (QED) is 0.563. The Morgan fingerprint density at radius 3 is 1.70 bits per heavy atom. The third kappa shape index (κ3) is 6.35. The molecule has 2 aromatic heterocycles. The van der Waals surface area contributed by atoms with Gasteiger partial charge in [-0.2, -0.15) is 20.5 Å². The molecule has 0 aliphatic heterocycles. The molecule has 0 aromatic carbocycles. The molecule has 0 bridgehead atoms. The van der Waals surface area contributed by atoms with Crippen molar-refractivity contribution in [2.45, 2.75) is 0 Å². The lowest BCUT2D eigenvalue weighted by Gasteiger charge is -1.96. The number of pyridine rings is 2. The minimum atomic E-state index is -3.56. The third-order valence-corrected chi connectivity index (χ3v) is 3.73. The molecule has 23 heavy (non-hydrogen) atoms. The van der Waals surface area contributed by atoms with Gasteiger partial charge in [0.2, 0.25) is 0 Å². The van der Waals surface area contributed by atoms with Gasteiger partial charge in [-0.05, 0) is 12.1 Å². The molecule has 2 aromatic rings. The lowest BCUT2D eigenvalue weighted by Crippen LogP contribution is -2.06. The summed E-state index contributed by atoms with van der Waals surface area (Å²) in [6.07, 6.45) is 2.89. The van der Waals surface area contributed by atoms with Gasteiger partial charge in [-0.25, -0.2) is 18.4 Å². The van der Waals surface area contributed by atoms with Gasteiger partial charge in [-0.3, -0.25) is 0 Å². The van der Waals surface area contributed by atoms with Crippen molar-refractivity contribution in [3.8, 4) is 0 Å². The van der Waals surface area contributed by atoms with E-state index in [1.807, 2.05) is 0 Å². The number of rotatable bonds is 6. The predicted octanol–water partition coefficient (Wildman–Crippen LogP) is 3.98. The Balaban J connectivity index is 1.92. The zero-order valence-corrected chi connectivity index (χ0v) is 13.9. The second kappa shape index (κ2) is 8.04. The van der Waals surface area contributed by atoms with E-state index in [0.29, 0.717) is 11.4 Å². The maximum Gasteiger partial charge on any atom is 0.194 e. The molecule has 0 amide bonds. The van der Waals surface area contributed by atoms with Crippen molar-refractivity contribution in [1.82, 2.24) is 9.97 Å². The highest BCUT2D eigenvalue weighted by atomic mass is 35.5. The second-order valence-corrected chi connectivity index (χ2v) is 6.94. The van der Waals surface area contributed by atoms with E-state index in [1.165, 1.54) is 24.5 Å². The van der Waals surface area contributed by atoms with Gasteiger partial charge in [0.15, 0.2) is 21.6 Å². The molecule has 0 fully saturated rings. The first-order valence-corrected chi connectivity index (χ1v) is 8.71. The predicted molar refractivity (Wildman–Crippen MR) is 86.2 cm³/mol.